The monoisotopic (exact) mass is 377 g/mol. The minimum atomic E-state index is -0.804. The molecule has 8 heteroatoms. The van der Waals surface area contributed by atoms with Crippen molar-refractivity contribution >= 4 is 11.6 Å². The summed E-state index contributed by atoms with van der Waals surface area (Å²) in [7, 11) is 3.69. The van der Waals surface area contributed by atoms with Crippen molar-refractivity contribution in [3.8, 4) is 0 Å². The minimum absolute atomic E-state index is 0.0920. The Kier molecular flexibility index (Phi) is 6.57. The zero-order valence-corrected chi connectivity index (χ0v) is 15.4. The predicted molar refractivity (Wildman–Crippen MR) is 97.5 cm³/mol. The molecular formula is C19H21F2N3O3. The van der Waals surface area contributed by atoms with E-state index in [1.165, 1.54) is 24.0 Å². The summed E-state index contributed by atoms with van der Waals surface area (Å²) < 4.78 is 27.2. The SMILES string of the molecule is Cc1c(F)cc(C(=O)N(CCN(C)C)Cc2ccc(F)cc2)cc1[N+](=O)[O-]. The third kappa shape index (κ3) is 5.30. The van der Waals surface area contributed by atoms with Gasteiger partial charge in [-0.25, -0.2) is 8.78 Å². The molecule has 0 aliphatic rings. The van der Waals surface area contributed by atoms with Gasteiger partial charge in [-0.15, -0.1) is 0 Å². The molecule has 0 aromatic heterocycles. The number of halogens is 2. The van der Waals surface area contributed by atoms with E-state index in [4.69, 9.17) is 0 Å². The lowest BCUT2D eigenvalue weighted by Gasteiger charge is -2.25. The highest BCUT2D eigenvalue weighted by molar-refractivity contribution is 5.95. The maximum Gasteiger partial charge on any atom is 0.276 e. The second-order valence-corrected chi connectivity index (χ2v) is 6.52. The predicted octanol–water partition coefficient (Wildman–Crippen LogP) is 3.39. The molecule has 27 heavy (non-hydrogen) atoms. The summed E-state index contributed by atoms with van der Waals surface area (Å²) in [6, 6.07) is 7.81. The third-order valence-corrected chi connectivity index (χ3v) is 4.15. The summed E-state index contributed by atoms with van der Waals surface area (Å²) in [6.45, 7) is 2.34. The van der Waals surface area contributed by atoms with Crippen molar-refractivity contribution in [1.29, 1.82) is 0 Å². The van der Waals surface area contributed by atoms with Gasteiger partial charge in [0.25, 0.3) is 11.6 Å². The second kappa shape index (κ2) is 8.68. The Morgan fingerprint density at radius 1 is 1.11 bits per heavy atom. The van der Waals surface area contributed by atoms with Crippen LogP contribution in [0.3, 0.4) is 0 Å². The van der Waals surface area contributed by atoms with Gasteiger partial charge in [-0.05, 0) is 44.8 Å². The molecule has 0 N–H and O–H groups in total. The molecule has 0 radical (unpaired) electrons. The van der Waals surface area contributed by atoms with Crippen LogP contribution in [0.2, 0.25) is 0 Å². The highest BCUT2D eigenvalue weighted by Crippen LogP contribution is 2.24. The Bertz CT molecular complexity index is 839. The fourth-order valence-electron chi connectivity index (χ4n) is 2.54. The zero-order valence-electron chi connectivity index (χ0n) is 15.4. The molecule has 1 amide bonds. The van der Waals surface area contributed by atoms with E-state index in [2.05, 4.69) is 0 Å². The van der Waals surface area contributed by atoms with Crippen LogP contribution in [-0.2, 0) is 6.54 Å². The molecule has 0 saturated heterocycles. The van der Waals surface area contributed by atoms with Crippen LogP contribution in [0.15, 0.2) is 36.4 Å². The van der Waals surface area contributed by atoms with E-state index in [-0.39, 0.29) is 23.5 Å². The molecule has 2 aromatic carbocycles. The molecule has 0 heterocycles. The Labute approximate surface area is 156 Å². The van der Waals surface area contributed by atoms with E-state index in [1.807, 2.05) is 19.0 Å². The molecule has 0 atom stereocenters. The number of benzene rings is 2. The van der Waals surface area contributed by atoms with E-state index < -0.39 is 22.3 Å². The molecule has 0 saturated carbocycles. The van der Waals surface area contributed by atoms with Gasteiger partial charge in [0, 0.05) is 31.3 Å². The topological polar surface area (TPSA) is 66.7 Å². The summed E-state index contributed by atoms with van der Waals surface area (Å²) in [6.07, 6.45) is 0. The fourth-order valence-corrected chi connectivity index (χ4v) is 2.54. The van der Waals surface area contributed by atoms with Crippen molar-refractivity contribution in [2.75, 3.05) is 27.2 Å². The van der Waals surface area contributed by atoms with Gasteiger partial charge in [0.1, 0.15) is 11.6 Å². The van der Waals surface area contributed by atoms with Crippen LogP contribution in [-0.4, -0.2) is 47.8 Å². The number of hydrogen-bond donors (Lipinski definition) is 0. The smallest absolute Gasteiger partial charge is 0.276 e. The number of hydrogen-bond acceptors (Lipinski definition) is 4. The number of nitro benzene ring substituents is 1. The largest absolute Gasteiger partial charge is 0.333 e. The maximum atomic E-state index is 14.1. The second-order valence-electron chi connectivity index (χ2n) is 6.52. The number of nitro groups is 1. The Morgan fingerprint density at radius 3 is 2.30 bits per heavy atom. The van der Waals surface area contributed by atoms with Crippen LogP contribution in [0.5, 0.6) is 0 Å². The van der Waals surface area contributed by atoms with Gasteiger partial charge in [-0.2, -0.15) is 0 Å². The standard InChI is InChI=1S/C19H21F2N3O3/c1-13-17(21)10-15(11-18(13)24(26)27)19(25)23(9-8-22(2)3)12-14-4-6-16(20)7-5-14/h4-7,10-11H,8-9,12H2,1-3H3. The molecule has 144 valence electrons. The first-order valence-corrected chi connectivity index (χ1v) is 8.32. The van der Waals surface area contributed by atoms with Crippen LogP contribution in [0.1, 0.15) is 21.5 Å². The van der Waals surface area contributed by atoms with Gasteiger partial charge in [0.2, 0.25) is 0 Å². The number of carbonyl (C=O) groups excluding carboxylic acids is 1. The van der Waals surface area contributed by atoms with E-state index in [0.717, 1.165) is 12.1 Å². The summed E-state index contributed by atoms with van der Waals surface area (Å²) in [5, 5.41) is 11.1. The lowest BCUT2D eigenvalue weighted by atomic mass is 10.1. The molecule has 0 aliphatic carbocycles. The number of likely N-dealkylation sites (N-methyl/N-ethyl adjacent to an activating group) is 1. The number of nitrogens with zero attached hydrogens (tertiary/aromatic N) is 3. The molecule has 2 rings (SSSR count). The fraction of sp³-hybridized carbons (Fsp3) is 0.316. The lowest BCUT2D eigenvalue weighted by Crippen LogP contribution is -2.36. The van der Waals surface area contributed by atoms with Gasteiger partial charge >= 0.3 is 0 Å². The normalized spacial score (nSPS) is 10.9. The average Bonchev–Trinajstić information content (AvgIpc) is 2.61. The van der Waals surface area contributed by atoms with Crippen LogP contribution in [0.25, 0.3) is 0 Å². The van der Waals surface area contributed by atoms with Crippen LogP contribution < -0.4 is 0 Å². The van der Waals surface area contributed by atoms with E-state index >= 15 is 0 Å². The average molecular weight is 377 g/mol. The number of rotatable bonds is 7. The molecule has 0 spiro atoms. The third-order valence-electron chi connectivity index (χ3n) is 4.15. The Hall–Kier alpha value is -2.87. The molecule has 6 nitrogen and oxygen atoms in total. The zero-order chi connectivity index (χ0) is 20.1. The molecule has 0 bridgehead atoms. The Balaban J connectivity index is 2.35. The molecule has 0 unspecified atom stereocenters. The van der Waals surface area contributed by atoms with Gasteiger partial charge in [-0.1, -0.05) is 12.1 Å². The Morgan fingerprint density at radius 2 is 1.74 bits per heavy atom. The van der Waals surface area contributed by atoms with Crippen LogP contribution in [0, 0.1) is 28.7 Å². The van der Waals surface area contributed by atoms with Crippen LogP contribution in [0.4, 0.5) is 14.5 Å². The highest BCUT2D eigenvalue weighted by Gasteiger charge is 2.23. The van der Waals surface area contributed by atoms with Gasteiger partial charge in [0.05, 0.1) is 10.5 Å². The number of carbonyl (C=O) groups is 1. The van der Waals surface area contributed by atoms with Gasteiger partial charge in [0.15, 0.2) is 0 Å². The first-order valence-electron chi connectivity index (χ1n) is 8.32. The quantitative estimate of drug-likeness (QED) is 0.548. The lowest BCUT2D eigenvalue weighted by molar-refractivity contribution is -0.385. The van der Waals surface area contributed by atoms with Crippen LogP contribution >= 0.6 is 0 Å². The highest BCUT2D eigenvalue weighted by atomic mass is 19.1. The van der Waals surface area contributed by atoms with Crippen molar-refractivity contribution in [1.82, 2.24) is 9.80 Å². The van der Waals surface area contributed by atoms with E-state index in [1.54, 1.807) is 12.1 Å². The summed E-state index contributed by atoms with van der Waals surface area (Å²) in [5.74, 6) is -1.72. The summed E-state index contributed by atoms with van der Waals surface area (Å²) in [4.78, 5) is 26.7. The summed E-state index contributed by atoms with van der Waals surface area (Å²) >= 11 is 0. The summed E-state index contributed by atoms with van der Waals surface area (Å²) in [5.41, 5.74) is 0.0545. The van der Waals surface area contributed by atoms with Crippen molar-refractivity contribution < 1.29 is 18.5 Å². The minimum Gasteiger partial charge on any atom is -0.333 e. The number of amides is 1. The van der Waals surface area contributed by atoms with E-state index in [0.29, 0.717) is 18.7 Å². The molecule has 0 fully saturated rings. The molecule has 0 aliphatic heterocycles. The molecular weight excluding hydrogens is 356 g/mol. The van der Waals surface area contributed by atoms with Crippen molar-refractivity contribution in [3.05, 3.63) is 74.8 Å². The van der Waals surface area contributed by atoms with E-state index in [9.17, 15) is 23.7 Å². The first kappa shape index (κ1) is 20.4. The van der Waals surface area contributed by atoms with Gasteiger partial charge in [-0.3, -0.25) is 14.9 Å². The molecule has 2 aromatic rings. The first-order chi connectivity index (χ1) is 12.7. The van der Waals surface area contributed by atoms with Crippen molar-refractivity contribution in [2.45, 2.75) is 13.5 Å². The maximum absolute atomic E-state index is 14.1. The van der Waals surface area contributed by atoms with Gasteiger partial charge < -0.3 is 9.80 Å². The van der Waals surface area contributed by atoms with Crippen molar-refractivity contribution in [2.24, 2.45) is 0 Å². The van der Waals surface area contributed by atoms with Crippen molar-refractivity contribution in [3.63, 3.8) is 0 Å².